The molecule has 0 spiro atoms. The van der Waals surface area contributed by atoms with Crippen LogP contribution in [0, 0.1) is 11.8 Å². The fourth-order valence-corrected chi connectivity index (χ4v) is 6.90. The van der Waals surface area contributed by atoms with Crippen LogP contribution in [0.1, 0.15) is 5.69 Å². The standard InChI is InChI=1S/C24H28N6O5S2/c1-28(2)8-9-35-21-11-18(10-20-22(31)27-24(32)36-20)25-23(26-21)29-12-16-14-30(15-17(16)13-29)37(33,34)19-6-4-3-5-7-19/h3-7,10-11,16-17H,8-9,12-15H2,1-2H3,(H,27,31,32). The first-order valence-corrected chi connectivity index (χ1v) is 14.2. The maximum atomic E-state index is 13.1. The predicted octanol–water partition coefficient (Wildman–Crippen LogP) is 1.50. The molecule has 3 saturated heterocycles. The number of likely N-dealkylation sites (N-methyl/N-ethyl adjacent to an activating group) is 1. The Bertz CT molecular complexity index is 1320. The van der Waals surface area contributed by atoms with Gasteiger partial charge < -0.3 is 14.5 Å². The molecule has 4 heterocycles. The maximum Gasteiger partial charge on any atom is 0.290 e. The van der Waals surface area contributed by atoms with Gasteiger partial charge in [-0.1, -0.05) is 18.2 Å². The van der Waals surface area contributed by atoms with Gasteiger partial charge in [-0.05, 0) is 55.9 Å². The lowest BCUT2D eigenvalue weighted by Crippen LogP contribution is -2.33. The van der Waals surface area contributed by atoms with Crippen LogP contribution in [0.4, 0.5) is 10.7 Å². The van der Waals surface area contributed by atoms with Crippen LogP contribution in [0.2, 0.25) is 0 Å². The third kappa shape index (κ3) is 5.64. The van der Waals surface area contributed by atoms with E-state index in [0.717, 1.165) is 11.8 Å². The summed E-state index contributed by atoms with van der Waals surface area (Å²) < 4.78 is 33.6. The first kappa shape index (κ1) is 25.6. The molecule has 11 nitrogen and oxygen atoms in total. The summed E-state index contributed by atoms with van der Waals surface area (Å²) in [5.41, 5.74) is 0.461. The van der Waals surface area contributed by atoms with Gasteiger partial charge in [0, 0.05) is 38.8 Å². The van der Waals surface area contributed by atoms with Crippen molar-refractivity contribution < 1.29 is 22.7 Å². The number of hydrogen-bond donors (Lipinski definition) is 1. The van der Waals surface area contributed by atoms with Crippen LogP contribution in [-0.4, -0.2) is 92.2 Å². The molecular weight excluding hydrogens is 516 g/mol. The highest BCUT2D eigenvalue weighted by molar-refractivity contribution is 8.18. The summed E-state index contributed by atoms with van der Waals surface area (Å²) in [6, 6.07) is 10.2. The summed E-state index contributed by atoms with van der Waals surface area (Å²) in [6.07, 6.45) is 1.56. The minimum atomic E-state index is -3.53. The largest absolute Gasteiger partial charge is 0.476 e. The van der Waals surface area contributed by atoms with E-state index < -0.39 is 21.2 Å². The Balaban J connectivity index is 1.34. The topological polar surface area (TPSA) is 125 Å². The molecule has 1 aromatic heterocycles. The van der Waals surface area contributed by atoms with Crippen molar-refractivity contribution in [1.29, 1.82) is 0 Å². The molecule has 3 aliphatic heterocycles. The Morgan fingerprint density at radius 3 is 2.43 bits per heavy atom. The van der Waals surface area contributed by atoms with Crippen molar-refractivity contribution in [1.82, 2.24) is 24.5 Å². The molecule has 2 unspecified atom stereocenters. The third-order valence-corrected chi connectivity index (χ3v) is 9.19. The monoisotopic (exact) mass is 544 g/mol. The number of carbonyl (C=O) groups is 2. The lowest BCUT2D eigenvalue weighted by molar-refractivity contribution is -0.115. The molecule has 37 heavy (non-hydrogen) atoms. The highest BCUT2D eigenvalue weighted by atomic mass is 32.2. The smallest absolute Gasteiger partial charge is 0.290 e. The van der Waals surface area contributed by atoms with Crippen LogP contribution in [0.5, 0.6) is 5.88 Å². The van der Waals surface area contributed by atoms with E-state index >= 15 is 0 Å². The van der Waals surface area contributed by atoms with Gasteiger partial charge in [0.25, 0.3) is 11.1 Å². The minimum absolute atomic E-state index is 0.149. The van der Waals surface area contributed by atoms with Crippen LogP contribution in [0.15, 0.2) is 46.2 Å². The van der Waals surface area contributed by atoms with E-state index in [1.165, 1.54) is 0 Å². The van der Waals surface area contributed by atoms with Gasteiger partial charge in [-0.25, -0.2) is 13.4 Å². The molecule has 3 aliphatic rings. The molecule has 0 aliphatic carbocycles. The fourth-order valence-electron chi connectivity index (χ4n) is 4.66. The number of nitrogens with zero attached hydrogens (tertiary/aromatic N) is 5. The lowest BCUT2D eigenvalue weighted by Gasteiger charge is -2.22. The molecule has 13 heteroatoms. The minimum Gasteiger partial charge on any atom is -0.476 e. The van der Waals surface area contributed by atoms with Gasteiger partial charge in [0.2, 0.25) is 21.9 Å². The lowest BCUT2D eigenvalue weighted by atomic mass is 10.0. The highest BCUT2D eigenvalue weighted by Gasteiger charge is 2.45. The van der Waals surface area contributed by atoms with E-state index in [4.69, 9.17) is 4.74 Å². The average molecular weight is 545 g/mol. The first-order valence-electron chi connectivity index (χ1n) is 11.9. The van der Waals surface area contributed by atoms with Crippen LogP contribution < -0.4 is 15.0 Å². The summed E-state index contributed by atoms with van der Waals surface area (Å²) in [5.74, 6) is 0.669. The van der Waals surface area contributed by atoms with Crippen molar-refractivity contribution in [3.05, 3.63) is 47.0 Å². The molecule has 1 N–H and O–H groups in total. The van der Waals surface area contributed by atoms with E-state index in [1.54, 1.807) is 46.8 Å². The van der Waals surface area contributed by atoms with Crippen LogP contribution in [0.3, 0.4) is 0 Å². The van der Waals surface area contributed by atoms with Crippen molar-refractivity contribution in [3.8, 4) is 5.88 Å². The van der Waals surface area contributed by atoms with Crippen LogP contribution in [0.25, 0.3) is 6.08 Å². The number of hydrogen-bond acceptors (Lipinski definition) is 10. The number of nitrogens with one attached hydrogen (secondary N) is 1. The maximum absolute atomic E-state index is 13.1. The van der Waals surface area contributed by atoms with Crippen LogP contribution >= 0.6 is 11.8 Å². The van der Waals surface area contributed by atoms with Crippen molar-refractivity contribution >= 4 is 45.0 Å². The molecule has 0 saturated carbocycles. The van der Waals surface area contributed by atoms with Crippen molar-refractivity contribution in [2.75, 3.05) is 58.3 Å². The molecule has 196 valence electrons. The summed E-state index contributed by atoms with van der Waals surface area (Å²) >= 11 is 0.826. The Kier molecular flexibility index (Phi) is 7.21. The number of rotatable bonds is 8. The summed E-state index contributed by atoms with van der Waals surface area (Å²) in [7, 11) is 0.360. The molecule has 2 aromatic rings. The third-order valence-electron chi connectivity index (χ3n) is 6.54. The SMILES string of the molecule is CN(C)CCOc1cc(C=C2SC(=O)NC2=O)nc(N2CC3CN(S(=O)(=O)c4ccccc4)CC3C2)n1. The number of fused-ring (bicyclic) bond motifs is 1. The van der Waals surface area contributed by atoms with E-state index in [-0.39, 0.29) is 16.7 Å². The van der Waals surface area contributed by atoms with Crippen molar-refractivity contribution in [3.63, 3.8) is 0 Å². The zero-order chi connectivity index (χ0) is 26.2. The molecule has 5 rings (SSSR count). The van der Waals surface area contributed by atoms with E-state index in [9.17, 15) is 18.0 Å². The number of ether oxygens (including phenoxy) is 1. The molecular formula is C24H28N6O5S2. The number of anilines is 1. The van der Waals surface area contributed by atoms with E-state index in [2.05, 4.69) is 15.3 Å². The van der Waals surface area contributed by atoms with Gasteiger partial charge in [-0.3, -0.25) is 14.9 Å². The second kappa shape index (κ2) is 10.4. The number of sulfonamides is 1. The Hall–Kier alpha value is -3.00. The first-order chi connectivity index (χ1) is 17.7. The van der Waals surface area contributed by atoms with E-state index in [1.807, 2.05) is 23.9 Å². The van der Waals surface area contributed by atoms with Gasteiger partial charge >= 0.3 is 0 Å². The predicted molar refractivity (Wildman–Crippen MR) is 140 cm³/mol. The van der Waals surface area contributed by atoms with Crippen LogP contribution in [-0.2, 0) is 14.8 Å². The summed E-state index contributed by atoms with van der Waals surface area (Å²) in [6.45, 7) is 3.21. The summed E-state index contributed by atoms with van der Waals surface area (Å²) in [4.78, 5) is 37.5. The number of aromatic nitrogens is 2. The summed E-state index contributed by atoms with van der Waals surface area (Å²) in [5, 5.41) is 1.82. The number of thioether (sulfide) groups is 1. The normalized spacial score (nSPS) is 23.2. The molecule has 1 aromatic carbocycles. The Morgan fingerprint density at radius 2 is 1.81 bits per heavy atom. The molecule has 0 radical (unpaired) electrons. The van der Waals surface area contributed by atoms with E-state index in [0.29, 0.717) is 61.7 Å². The highest BCUT2D eigenvalue weighted by Crippen LogP contribution is 2.36. The van der Waals surface area contributed by atoms with Gasteiger partial charge in [-0.15, -0.1) is 0 Å². The van der Waals surface area contributed by atoms with Gasteiger partial charge in [-0.2, -0.15) is 9.29 Å². The molecule has 0 bridgehead atoms. The molecule has 2 amide bonds. The number of imide groups is 1. The number of benzene rings is 1. The number of amides is 2. The fraction of sp³-hybridized carbons (Fsp3) is 0.417. The average Bonchev–Trinajstić information content (AvgIpc) is 3.52. The molecule has 2 atom stereocenters. The Morgan fingerprint density at radius 1 is 1.11 bits per heavy atom. The second-order valence-corrected chi connectivity index (χ2v) is 12.4. The zero-order valence-electron chi connectivity index (χ0n) is 20.5. The molecule has 3 fully saturated rings. The van der Waals surface area contributed by atoms with Gasteiger partial charge in [0.15, 0.2) is 0 Å². The van der Waals surface area contributed by atoms with Crippen molar-refractivity contribution in [2.45, 2.75) is 4.90 Å². The Labute approximate surface area is 219 Å². The zero-order valence-corrected chi connectivity index (χ0v) is 22.2. The quantitative estimate of drug-likeness (QED) is 0.489. The van der Waals surface area contributed by atoms with Gasteiger partial charge in [0.1, 0.15) is 6.61 Å². The second-order valence-electron chi connectivity index (χ2n) is 9.50. The van der Waals surface area contributed by atoms with Crippen molar-refractivity contribution in [2.24, 2.45) is 11.8 Å². The number of carbonyl (C=O) groups excluding carboxylic acids is 2. The van der Waals surface area contributed by atoms with Gasteiger partial charge in [0.05, 0.1) is 15.5 Å².